The first-order valence-electron chi connectivity index (χ1n) is 12.8. The van der Waals surface area contributed by atoms with Crippen LogP contribution in [0.2, 0.25) is 0 Å². The number of aliphatic carboxylic acids is 1. The van der Waals surface area contributed by atoms with Crippen LogP contribution in [0.1, 0.15) is 65.4 Å². The van der Waals surface area contributed by atoms with Crippen LogP contribution < -0.4 is 20.3 Å². The highest BCUT2D eigenvalue weighted by molar-refractivity contribution is 6.02. The Balaban J connectivity index is 0.00000235. The van der Waals surface area contributed by atoms with Gasteiger partial charge in [0.25, 0.3) is 0 Å². The van der Waals surface area contributed by atoms with Crippen LogP contribution in [0.25, 0.3) is 0 Å². The summed E-state index contributed by atoms with van der Waals surface area (Å²) >= 11 is 0. The molecule has 8 nitrogen and oxygen atoms in total. The number of amides is 2. The normalized spacial score (nSPS) is 13.1. The van der Waals surface area contributed by atoms with Crippen molar-refractivity contribution in [2.24, 2.45) is 5.92 Å². The van der Waals surface area contributed by atoms with Crippen molar-refractivity contribution in [1.82, 2.24) is 0 Å². The summed E-state index contributed by atoms with van der Waals surface area (Å²) in [6, 6.07) is 10.4. The van der Waals surface area contributed by atoms with Crippen molar-refractivity contribution < 1.29 is 23.8 Å². The molecule has 2 amide bonds. The van der Waals surface area contributed by atoms with Gasteiger partial charge in [-0.2, -0.15) is 5.26 Å². The Hall–Kier alpha value is -3.80. The Labute approximate surface area is 218 Å². The van der Waals surface area contributed by atoms with Gasteiger partial charge in [-0.3, -0.25) is 0 Å². The van der Waals surface area contributed by atoms with E-state index in [4.69, 9.17) is 15.1 Å². The fourth-order valence-corrected chi connectivity index (χ4v) is 4.29. The van der Waals surface area contributed by atoms with Gasteiger partial charge in [0.2, 0.25) is 0 Å². The second-order valence-electron chi connectivity index (χ2n) is 9.08. The monoisotopic (exact) mass is 512 g/mol. The van der Waals surface area contributed by atoms with Crippen LogP contribution in [0, 0.1) is 23.1 Å². The first kappa shape index (κ1) is 29.4. The average Bonchev–Trinajstić information content (AvgIpc) is 2.89. The van der Waals surface area contributed by atoms with Crippen LogP contribution in [0.3, 0.4) is 0 Å². The molecule has 0 bridgehead atoms. The molecule has 1 fully saturated rings. The second kappa shape index (κ2) is 14.7. The number of nitriles is 1. The molecular formula is C28H37FN4O4. The summed E-state index contributed by atoms with van der Waals surface area (Å²) in [5, 5.41) is 23.1. The van der Waals surface area contributed by atoms with Crippen LogP contribution >= 0.6 is 0 Å². The summed E-state index contributed by atoms with van der Waals surface area (Å²) in [5.74, 6) is -1.17. The highest BCUT2D eigenvalue weighted by Gasteiger charge is 2.25. The minimum absolute atomic E-state index is 0.0624. The molecule has 0 unspecified atom stereocenters. The number of hydrogen-bond donors (Lipinski definition) is 3. The molecule has 37 heavy (non-hydrogen) atoms. The number of carboxylic acids is 1. The van der Waals surface area contributed by atoms with E-state index in [0.29, 0.717) is 23.4 Å². The van der Waals surface area contributed by atoms with E-state index in [9.17, 15) is 14.0 Å². The second-order valence-corrected chi connectivity index (χ2v) is 9.08. The molecule has 0 radical (unpaired) electrons. The van der Waals surface area contributed by atoms with Crippen molar-refractivity contribution in [1.29, 1.82) is 5.26 Å². The number of halogens is 1. The molecule has 2 aromatic rings. The Morgan fingerprint density at radius 3 is 2.38 bits per heavy atom. The van der Waals surface area contributed by atoms with E-state index >= 15 is 0 Å². The summed E-state index contributed by atoms with van der Waals surface area (Å²) < 4.78 is 19.6. The number of anilines is 3. The summed E-state index contributed by atoms with van der Waals surface area (Å²) in [4.78, 5) is 26.1. The average molecular weight is 513 g/mol. The smallest absolute Gasteiger partial charge is 0.341 e. The minimum Gasteiger partial charge on any atom is -0.482 e. The minimum atomic E-state index is -1.11. The van der Waals surface area contributed by atoms with Crippen LogP contribution in [0.15, 0.2) is 36.4 Å². The van der Waals surface area contributed by atoms with Gasteiger partial charge < -0.3 is 25.4 Å². The van der Waals surface area contributed by atoms with Gasteiger partial charge in [0.1, 0.15) is 11.6 Å². The molecular weight excluding hydrogens is 475 g/mol. The maximum absolute atomic E-state index is 14.3. The predicted octanol–water partition coefficient (Wildman–Crippen LogP) is 6.63. The molecule has 3 N–H and O–H groups in total. The quantitative estimate of drug-likeness (QED) is 0.348. The maximum Gasteiger partial charge on any atom is 0.341 e. The van der Waals surface area contributed by atoms with Gasteiger partial charge in [-0.05, 0) is 49.1 Å². The van der Waals surface area contributed by atoms with Crippen molar-refractivity contribution in [3.8, 4) is 11.8 Å². The maximum atomic E-state index is 14.3. The zero-order valence-electron chi connectivity index (χ0n) is 22.0. The number of rotatable bonds is 9. The topological polar surface area (TPSA) is 115 Å². The molecule has 1 aliphatic carbocycles. The number of nitrogens with zero attached hydrogens (tertiary/aromatic N) is 2. The van der Waals surface area contributed by atoms with E-state index in [1.54, 1.807) is 12.1 Å². The standard InChI is InChI=1S/C26H31FN4O4.C2H6/c1-17(2)15-31(19-6-4-3-5-7-19)24-11-9-20(35-16-25(32)33)13-23(24)30-26(34)29-22-10-8-18(14-28)12-21(22)27;1-2/h8-13,17,19H,3-7,15-16H2,1-2H3,(H,32,33)(H2,29,30,34);1-2H3. The first-order chi connectivity index (χ1) is 17.8. The van der Waals surface area contributed by atoms with E-state index in [1.165, 1.54) is 18.6 Å². The zero-order valence-corrected chi connectivity index (χ0v) is 22.0. The third-order valence-electron chi connectivity index (χ3n) is 5.81. The molecule has 2 aromatic carbocycles. The van der Waals surface area contributed by atoms with Crippen molar-refractivity contribution in [2.45, 2.75) is 65.8 Å². The van der Waals surface area contributed by atoms with E-state index < -0.39 is 24.4 Å². The number of urea groups is 1. The number of nitrogens with one attached hydrogen (secondary N) is 2. The van der Waals surface area contributed by atoms with Gasteiger partial charge in [-0.1, -0.05) is 47.0 Å². The van der Waals surface area contributed by atoms with Gasteiger partial charge in [0, 0.05) is 18.7 Å². The van der Waals surface area contributed by atoms with Crippen molar-refractivity contribution in [2.75, 3.05) is 28.7 Å². The van der Waals surface area contributed by atoms with Gasteiger partial charge in [-0.15, -0.1) is 0 Å². The molecule has 0 heterocycles. The van der Waals surface area contributed by atoms with E-state index in [1.807, 2.05) is 26.0 Å². The van der Waals surface area contributed by atoms with E-state index in [-0.39, 0.29) is 11.3 Å². The van der Waals surface area contributed by atoms with Crippen molar-refractivity contribution in [3.05, 3.63) is 47.8 Å². The Morgan fingerprint density at radius 2 is 1.78 bits per heavy atom. The number of carbonyl (C=O) groups is 2. The van der Waals surface area contributed by atoms with Gasteiger partial charge >= 0.3 is 12.0 Å². The lowest BCUT2D eigenvalue weighted by Crippen LogP contribution is -2.40. The highest BCUT2D eigenvalue weighted by Crippen LogP contribution is 2.36. The Kier molecular flexibility index (Phi) is 11.7. The third kappa shape index (κ3) is 8.98. The largest absolute Gasteiger partial charge is 0.482 e. The van der Waals surface area contributed by atoms with Crippen LogP contribution in [0.4, 0.5) is 26.2 Å². The lowest BCUT2D eigenvalue weighted by Gasteiger charge is -2.38. The molecule has 3 rings (SSSR count). The number of ether oxygens (including phenoxy) is 1. The number of carboxylic acid groups (broad SMARTS) is 1. The molecule has 0 saturated heterocycles. The van der Waals surface area contributed by atoms with E-state index in [0.717, 1.165) is 44.0 Å². The Bertz CT molecular complexity index is 1090. The van der Waals surface area contributed by atoms with Crippen LogP contribution in [-0.4, -0.2) is 36.3 Å². The molecule has 9 heteroatoms. The van der Waals surface area contributed by atoms with Crippen LogP contribution in [-0.2, 0) is 4.79 Å². The molecule has 200 valence electrons. The lowest BCUT2D eigenvalue weighted by atomic mass is 9.93. The zero-order chi connectivity index (χ0) is 27.4. The first-order valence-corrected chi connectivity index (χ1v) is 12.8. The molecule has 0 atom stereocenters. The summed E-state index contributed by atoms with van der Waals surface area (Å²) in [6.45, 7) is 8.53. The lowest BCUT2D eigenvalue weighted by molar-refractivity contribution is -0.139. The fourth-order valence-electron chi connectivity index (χ4n) is 4.29. The summed E-state index contributed by atoms with van der Waals surface area (Å²) in [5.41, 5.74) is 1.32. The summed E-state index contributed by atoms with van der Waals surface area (Å²) in [6.07, 6.45) is 5.58. The predicted molar refractivity (Wildman–Crippen MR) is 144 cm³/mol. The molecule has 1 aliphatic rings. The Morgan fingerprint density at radius 1 is 1.11 bits per heavy atom. The molecule has 0 aliphatic heterocycles. The molecule has 1 saturated carbocycles. The van der Waals surface area contributed by atoms with Crippen LogP contribution in [0.5, 0.6) is 5.75 Å². The number of hydrogen-bond acceptors (Lipinski definition) is 5. The van der Waals surface area contributed by atoms with Gasteiger partial charge in [-0.25, -0.2) is 14.0 Å². The van der Waals surface area contributed by atoms with E-state index in [2.05, 4.69) is 29.4 Å². The molecule has 0 spiro atoms. The summed E-state index contributed by atoms with van der Waals surface area (Å²) in [7, 11) is 0. The highest BCUT2D eigenvalue weighted by atomic mass is 19.1. The number of carbonyl (C=O) groups excluding carboxylic acids is 1. The fraction of sp³-hybridized carbons (Fsp3) is 0.464. The van der Waals surface area contributed by atoms with Crippen molar-refractivity contribution in [3.63, 3.8) is 0 Å². The van der Waals surface area contributed by atoms with Gasteiger partial charge in [0.15, 0.2) is 6.61 Å². The third-order valence-corrected chi connectivity index (χ3v) is 5.81. The number of benzene rings is 2. The van der Waals surface area contributed by atoms with Crippen molar-refractivity contribution >= 4 is 29.1 Å². The molecule has 0 aromatic heterocycles. The van der Waals surface area contributed by atoms with Gasteiger partial charge in [0.05, 0.1) is 28.7 Å². The SMILES string of the molecule is CC.CC(C)CN(c1ccc(OCC(=O)O)cc1NC(=O)Nc1ccc(C#N)cc1F)C1CCCCC1.